The summed E-state index contributed by atoms with van der Waals surface area (Å²) < 4.78 is 11.1. The van der Waals surface area contributed by atoms with Crippen molar-refractivity contribution in [2.75, 3.05) is 13.2 Å². The van der Waals surface area contributed by atoms with Gasteiger partial charge in [0, 0.05) is 6.42 Å². The van der Waals surface area contributed by atoms with Crippen LogP contribution < -0.4 is 5.32 Å². The molecule has 7 unspecified atom stereocenters. The molecule has 1 amide bonds. The van der Waals surface area contributed by atoms with Crippen LogP contribution in [0.5, 0.6) is 0 Å². The third-order valence-corrected chi connectivity index (χ3v) is 9.79. The Labute approximate surface area is 363 Å². The summed E-state index contributed by atoms with van der Waals surface area (Å²) in [5.74, 6) is -0.245. The van der Waals surface area contributed by atoms with Crippen LogP contribution >= 0.6 is 0 Å². The van der Waals surface area contributed by atoms with Crippen molar-refractivity contribution in [1.82, 2.24) is 5.32 Å². The lowest BCUT2D eigenvalue weighted by Gasteiger charge is -2.40. The molecule has 9 nitrogen and oxygen atoms in total. The van der Waals surface area contributed by atoms with Crippen LogP contribution in [-0.2, 0) is 14.3 Å². The number of nitrogens with one attached hydrogen (secondary N) is 1. The Bertz CT molecular complexity index is 1340. The van der Waals surface area contributed by atoms with Crippen LogP contribution in [0, 0.1) is 0 Å². The molecule has 0 radical (unpaired) electrons. The summed E-state index contributed by atoms with van der Waals surface area (Å²) in [5, 5.41) is 53.9. The van der Waals surface area contributed by atoms with Crippen molar-refractivity contribution >= 4 is 5.91 Å². The van der Waals surface area contributed by atoms with Gasteiger partial charge < -0.3 is 40.3 Å². The van der Waals surface area contributed by atoms with Crippen molar-refractivity contribution in [2.45, 2.75) is 179 Å². The van der Waals surface area contributed by atoms with E-state index in [1.54, 1.807) is 6.08 Å². The average Bonchev–Trinajstić information content (AvgIpc) is 3.25. The first kappa shape index (κ1) is 54.6. The van der Waals surface area contributed by atoms with Gasteiger partial charge in [0.05, 0.1) is 25.4 Å². The maximum atomic E-state index is 12.9. The minimum atomic E-state index is -1.58. The number of aliphatic hydroxyl groups excluding tert-OH is 5. The number of allylic oxidation sites excluding steroid dienone is 19. The summed E-state index contributed by atoms with van der Waals surface area (Å²) >= 11 is 0. The predicted molar refractivity (Wildman–Crippen MR) is 248 cm³/mol. The van der Waals surface area contributed by atoms with E-state index in [0.29, 0.717) is 6.42 Å². The minimum absolute atomic E-state index is 0.221. The molecule has 60 heavy (non-hydrogen) atoms. The van der Waals surface area contributed by atoms with Gasteiger partial charge in [0.25, 0.3) is 0 Å². The van der Waals surface area contributed by atoms with Gasteiger partial charge in [-0.1, -0.05) is 167 Å². The van der Waals surface area contributed by atoms with Gasteiger partial charge in [-0.3, -0.25) is 4.79 Å². The zero-order valence-electron chi connectivity index (χ0n) is 36.9. The molecule has 1 fully saturated rings. The molecular formula is C51H81NO8. The Morgan fingerprint density at radius 2 is 1.03 bits per heavy atom. The molecule has 1 aliphatic heterocycles. The fourth-order valence-electron chi connectivity index (χ4n) is 6.15. The molecule has 0 bridgehead atoms. The molecule has 7 atom stereocenters. The van der Waals surface area contributed by atoms with Crippen molar-refractivity contribution in [3.05, 3.63) is 122 Å². The summed E-state index contributed by atoms with van der Waals surface area (Å²) in [4.78, 5) is 12.9. The van der Waals surface area contributed by atoms with Gasteiger partial charge >= 0.3 is 0 Å². The average molecular weight is 836 g/mol. The van der Waals surface area contributed by atoms with Crippen LogP contribution in [-0.4, -0.2) is 87.5 Å². The molecule has 0 aromatic carbocycles. The molecule has 1 saturated heterocycles. The second-order valence-electron chi connectivity index (χ2n) is 15.1. The Morgan fingerprint density at radius 1 is 0.583 bits per heavy atom. The maximum absolute atomic E-state index is 12.9. The number of carbonyl (C=O) groups is 1. The van der Waals surface area contributed by atoms with Crippen molar-refractivity contribution in [2.24, 2.45) is 0 Å². The van der Waals surface area contributed by atoms with Gasteiger partial charge in [-0.2, -0.15) is 0 Å². The fraction of sp³-hybridized carbons (Fsp3) is 0.588. The lowest BCUT2D eigenvalue weighted by molar-refractivity contribution is -0.302. The van der Waals surface area contributed by atoms with Crippen LogP contribution in [0.2, 0.25) is 0 Å². The van der Waals surface area contributed by atoms with Gasteiger partial charge in [0.1, 0.15) is 24.4 Å². The summed E-state index contributed by atoms with van der Waals surface area (Å²) in [7, 11) is 0. The van der Waals surface area contributed by atoms with Crippen molar-refractivity contribution in [3.63, 3.8) is 0 Å². The lowest BCUT2D eigenvalue weighted by Crippen LogP contribution is -2.60. The van der Waals surface area contributed by atoms with E-state index in [9.17, 15) is 30.3 Å². The normalized spacial score (nSPS) is 21.8. The highest BCUT2D eigenvalue weighted by molar-refractivity contribution is 5.76. The van der Waals surface area contributed by atoms with E-state index in [4.69, 9.17) is 9.47 Å². The molecule has 6 N–H and O–H groups in total. The van der Waals surface area contributed by atoms with E-state index in [1.165, 1.54) is 25.7 Å². The molecule has 338 valence electrons. The number of unbranched alkanes of at least 4 members (excludes halogenated alkanes) is 7. The van der Waals surface area contributed by atoms with Gasteiger partial charge in [0.15, 0.2) is 6.29 Å². The first-order valence-corrected chi connectivity index (χ1v) is 22.8. The Morgan fingerprint density at radius 3 is 1.52 bits per heavy atom. The second-order valence-corrected chi connectivity index (χ2v) is 15.1. The standard InChI is InChI=1S/C51H81NO8/c1-3-5-7-9-11-13-14-15-16-17-18-19-20-21-22-23-24-25-26-27-28-29-30-31-32-33-35-37-39-41-47(55)52-44(45(54)40-38-36-34-12-10-8-6-4-2)43-59-51-50(58)49(57)48(56)46(42-53)60-51/h5,7,11,13,15-16,18-19,21-22,24-25,27-28,30-31,33,35,38,40,44-46,48-51,53-54,56-58H,3-4,6,8-10,12,14,17,20,23,26,29,32,34,36-37,39,41-43H2,1-2H3,(H,52,55)/b7-5-,13-11-,16-15-,19-18-,22-21-,25-24-,28-27-,31-30-,35-33-,40-38+. The van der Waals surface area contributed by atoms with E-state index < -0.39 is 49.5 Å². The number of aliphatic hydroxyl groups is 5. The molecule has 1 rings (SSSR count). The molecule has 0 spiro atoms. The molecule has 0 aromatic rings. The fourth-order valence-corrected chi connectivity index (χ4v) is 6.15. The van der Waals surface area contributed by atoms with Crippen molar-refractivity contribution in [1.29, 1.82) is 0 Å². The molecular weight excluding hydrogens is 755 g/mol. The second kappa shape index (κ2) is 39.7. The summed E-state index contributed by atoms with van der Waals surface area (Å²) in [5.41, 5.74) is 0. The molecule has 0 aliphatic carbocycles. The highest BCUT2D eigenvalue weighted by atomic mass is 16.7. The van der Waals surface area contributed by atoms with E-state index in [2.05, 4.69) is 129 Å². The minimum Gasteiger partial charge on any atom is -0.394 e. The number of carbonyl (C=O) groups excluding carboxylic acids is 1. The van der Waals surface area contributed by atoms with E-state index in [-0.39, 0.29) is 18.9 Å². The van der Waals surface area contributed by atoms with E-state index in [0.717, 1.165) is 83.5 Å². The molecule has 9 heteroatoms. The van der Waals surface area contributed by atoms with Gasteiger partial charge in [-0.05, 0) is 83.5 Å². The number of hydrogen-bond acceptors (Lipinski definition) is 8. The predicted octanol–water partition coefficient (Wildman–Crippen LogP) is 9.66. The topological polar surface area (TPSA) is 149 Å². The Hall–Kier alpha value is -3.41. The summed E-state index contributed by atoms with van der Waals surface area (Å²) in [6.45, 7) is 3.54. The third-order valence-electron chi connectivity index (χ3n) is 9.79. The van der Waals surface area contributed by atoms with Crippen molar-refractivity contribution < 1.29 is 39.8 Å². The molecule has 1 heterocycles. The zero-order valence-corrected chi connectivity index (χ0v) is 36.9. The van der Waals surface area contributed by atoms with Crippen molar-refractivity contribution in [3.8, 4) is 0 Å². The Balaban J connectivity index is 2.31. The number of hydrogen-bond donors (Lipinski definition) is 6. The zero-order chi connectivity index (χ0) is 43.7. The van der Waals surface area contributed by atoms with Gasteiger partial charge in [0.2, 0.25) is 5.91 Å². The van der Waals surface area contributed by atoms with E-state index >= 15 is 0 Å². The van der Waals surface area contributed by atoms with Crippen LogP contribution in [0.3, 0.4) is 0 Å². The highest BCUT2D eigenvalue weighted by Crippen LogP contribution is 2.22. The molecule has 0 saturated carbocycles. The quantitative estimate of drug-likeness (QED) is 0.0273. The van der Waals surface area contributed by atoms with Gasteiger partial charge in [-0.25, -0.2) is 0 Å². The van der Waals surface area contributed by atoms with Crippen LogP contribution in [0.25, 0.3) is 0 Å². The SMILES string of the molecule is CC/C=C\C/C=C\C/C=C\C/C=C\C/C=C\C/C=C\C/C=C\C/C=C\C/C=C\CCCC(=O)NC(COC1OC(CO)C(O)C(O)C1O)C(O)/C=C/CCCCCCCC. The monoisotopic (exact) mass is 836 g/mol. The highest BCUT2D eigenvalue weighted by Gasteiger charge is 2.44. The Kier molecular flexibility index (Phi) is 36.1. The first-order valence-electron chi connectivity index (χ1n) is 22.8. The summed E-state index contributed by atoms with van der Waals surface area (Å²) in [6.07, 6.45) is 52.7. The summed E-state index contributed by atoms with van der Waals surface area (Å²) in [6, 6.07) is -0.842. The third kappa shape index (κ3) is 29.8. The van der Waals surface area contributed by atoms with E-state index in [1.807, 2.05) is 6.08 Å². The smallest absolute Gasteiger partial charge is 0.220 e. The number of ether oxygens (including phenoxy) is 2. The van der Waals surface area contributed by atoms with Crippen LogP contribution in [0.15, 0.2) is 122 Å². The van der Waals surface area contributed by atoms with Crippen LogP contribution in [0.4, 0.5) is 0 Å². The number of rotatable bonds is 35. The molecule has 0 aromatic heterocycles. The van der Waals surface area contributed by atoms with Gasteiger partial charge in [-0.15, -0.1) is 0 Å². The van der Waals surface area contributed by atoms with Crippen LogP contribution in [0.1, 0.15) is 136 Å². The first-order chi connectivity index (χ1) is 29.3. The largest absolute Gasteiger partial charge is 0.394 e. The lowest BCUT2D eigenvalue weighted by atomic mass is 9.99. The number of amides is 1. The maximum Gasteiger partial charge on any atom is 0.220 e. The molecule has 1 aliphatic rings.